The Morgan fingerprint density at radius 3 is 2.41 bits per heavy atom. The number of methoxy groups -OCH3 is 3. The Kier molecular flexibility index (Phi) is 5.10. The first-order valence-electron chi connectivity index (χ1n) is 8.72. The van der Waals surface area contributed by atoms with Crippen LogP contribution in [0, 0.1) is 0 Å². The maximum atomic E-state index is 5.71. The van der Waals surface area contributed by atoms with E-state index in [-0.39, 0.29) is 6.42 Å². The van der Waals surface area contributed by atoms with Gasteiger partial charge in [0, 0.05) is 5.56 Å². The number of ether oxygens (including phenoxy) is 3. The molecule has 0 N–H and O–H groups in total. The maximum absolute atomic E-state index is 5.71. The lowest BCUT2D eigenvalue weighted by Gasteiger charge is -2.09. The van der Waals surface area contributed by atoms with Gasteiger partial charge in [0.15, 0.2) is 11.5 Å². The van der Waals surface area contributed by atoms with E-state index in [1.807, 2.05) is 36.4 Å². The van der Waals surface area contributed by atoms with Crippen LogP contribution in [0.2, 0.25) is 0 Å². The van der Waals surface area contributed by atoms with Gasteiger partial charge in [-0.2, -0.15) is 4.98 Å². The van der Waals surface area contributed by atoms with Gasteiger partial charge in [-0.05, 0) is 36.4 Å². The molecule has 4 aromatic rings. The first-order valence-corrected chi connectivity index (χ1v) is 8.72. The third kappa shape index (κ3) is 3.75. The van der Waals surface area contributed by atoms with Gasteiger partial charge in [0.05, 0.1) is 26.9 Å². The molecule has 0 saturated carbocycles. The zero-order valence-electron chi connectivity index (χ0n) is 16.1. The molecule has 0 bridgehead atoms. The highest BCUT2D eigenvalue weighted by Gasteiger charge is 2.18. The first-order chi connectivity index (χ1) is 14.2. The van der Waals surface area contributed by atoms with Crippen LogP contribution in [0.15, 0.2) is 51.4 Å². The molecule has 29 heavy (non-hydrogen) atoms. The Labute approximate surface area is 166 Å². The molecule has 2 heterocycles. The minimum atomic E-state index is 0.211. The molecular formula is C20H18N4O5. The molecule has 0 fully saturated rings. The fourth-order valence-electron chi connectivity index (χ4n) is 2.80. The lowest BCUT2D eigenvalue weighted by Crippen LogP contribution is -1.94. The Balaban J connectivity index is 1.54. The summed E-state index contributed by atoms with van der Waals surface area (Å²) in [6, 6.07) is 12.8. The van der Waals surface area contributed by atoms with Gasteiger partial charge in [0.2, 0.25) is 23.5 Å². The van der Waals surface area contributed by atoms with E-state index in [1.165, 1.54) is 0 Å². The Morgan fingerprint density at radius 1 is 0.862 bits per heavy atom. The fraction of sp³-hybridized carbons (Fsp3) is 0.200. The predicted molar refractivity (Wildman–Crippen MR) is 102 cm³/mol. The van der Waals surface area contributed by atoms with Gasteiger partial charge in [0.1, 0.15) is 12.2 Å². The molecule has 9 heteroatoms. The molecule has 148 valence electrons. The fourth-order valence-corrected chi connectivity index (χ4v) is 2.80. The largest absolute Gasteiger partial charge is 0.497 e. The summed E-state index contributed by atoms with van der Waals surface area (Å²) >= 11 is 0. The topological polar surface area (TPSA) is 106 Å². The summed E-state index contributed by atoms with van der Waals surface area (Å²) in [5, 5.41) is 12.1. The van der Waals surface area contributed by atoms with Crippen molar-refractivity contribution in [1.29, 1.82) is 0 Å². The Hall–Kier alpha value is -3.88. The summed E-state index contributed by atoms with van der Waals surface area (Å²) in [6.07, 6.45) is 0.211. The molecule has 2 aromatic heterocycles. The second-order valence-electron chi connectivity index (χ2n) is 5.96. The second-order valence-corrected chi connectivity index (χ2v) is 5.96. The van der Waals surface area contributed by atoms with Gasteiger partial charge in [-0.25, -0.2) is 0 Å². The zero-order valence-corrected chi connectivity index (χ0v) is 16.1. The van der Waals surface area contributed by atoms with Gasteiger partial charge in [-0.15, -0.1) is 10.2 Å². The monoisotopic (exact) mass is 394 g/mol. The second kappa shape index (κ2) is 8.01. The normalized spacial score (nSPS) is 10.7. The maximum Gasteiger partial charge on any atom is 0.247 e. The summed E-state index contributed by atoms with van der Waals surface area (Å²) in [6.45, 7) is 0. The zero-order chi connectivity index (χ0) is 20.2. The molecule has 0 aliphatic heterocycles. The van der Waals surface area contributed by atoms with E-state index in [9.17, 15) is 0 Å². The van der Waals surface area contributed by atoms with Crippen LogP contribution in [-0.4, -0.2) is 41.7 Å². The molecule has 0 saturated heterocycles. The Morgan fingerprint density at radius 2 is 1.69 bits per heavy atom. The number of benzene rings is 2. The molecule has 0 spiro atoms. The summed E-state index contributed by atoms with van der Waals surface area (Å²) < 4.78 is 26.9. The summed E-state index contributed by atoms with van der Waals surface area (Å²) in [7, 11) is 4.74. The van der Waals surface area contributed by atoms with Crippen molar-refractivity contribution < 1.29 is 23.2 Å². The van der Waals surface area contributed by atoms with Crippen LogP contribution in [-0.2, 0) is 6.42 Å². The van der Waals surface area contributed by atoms with Crippen LogP contribution in [0.1, 0.15) is 11.8 Å². The van der Waals surface area contributed by atoms with Crippen molar-refractivity contribution in [2.75, 3.05) is 21.3 Å². The molecule has 0 aliphatic carbocycles. The van der Waals surface area contributed by atoms with E-state index in [1.54, 1.807) is 27.4 Å². The van der Waals surface area contributed by atoms with Gasteiger partial charge >= 0.3 is 0 Å². The number of rotatable bonds is 7. The van der Waals surface area contributed by atoms with Crippen molar-refractivity contribution in [3.8, 4) is 40.1 Å². The molecule has 0 atom stereocenters. The third-order valence-electron chi connectivity index (χ3n) is 4.22. The number of aromatic nitrogens is 4. The standard InChI is InChI=1S/C20H18N4O5/c1-25-13-9-7-12(8-10-13)20-23-22-17(28-20)11-16-21-19(24-29-16)14-5-4-6-15(26-2)18(14)27-3/h4-10H,11H2,1-3H3. The van der Waals surface area contributed by atoms with Crippen molar-refractivity contribution in [1.82, 2.24) is 20.3 Å². The van der Waals surface area contributed by atoms with Gasteiger partial charge < -0.3 is 23.2 Å². The van der Waals surface area contributed by atoms with E-state index in [0.717, 1.165) is 11.3 Å². The number of hydrogen-bond donors (Lipinski definition) is 0. The summed E-state index contributed by atoms with van der Waals surface area (Å²) in [5.41, 5.74) is 1.45. The van der Waals surface area contributed by atoms with Crippen LogP contribution in [0.4, 0.5) is 0 Å². The molecule has 9 nitrogen and oxygen atoms in total. The van der Waals surface area contributed by atoms with Crippen LogP contribution in [0.5, 0.6) is 17.2 Å². The SMILES string of the molecule is COc1ccc(-c2nnc(Cc3nc(-c4cccc(OC)c4OC)no3)o2)cc1. The van der Waals surface area contributed by atoms with Crippen LogP contribution in [0.3, 0.4) is 0 Å². The molecular weight excluding hydrogens is 376 g/mol. The highest BCUT2D eigenvalue weighted by Crippen LogP contribution is 2.36. The lowest BCUT2D eigenvalue weighted by atomic mass is 10.1. The smallest absolute Gasteiger partial charge is 0.247 e. The first kappa shape index (κ1) is 18.5. The minimum Gasteiger partial charge on any atom is -0.497 e. The predicted octanol–water partition coefficient (Wildman–Crippen LogP) is 3.40. The van der Waals surface area contributed by atoms with Crippen molar-refractivity contribution in [3.05, 3.63) is 54.2 Å². The van der Waals surface area contributed by atoms with Crippen LogP contribution >= 0.6 is 0 Å². The van der Waals surface area contributed by atoms with Gasteiger partial charge in [-0.3, -0.25) is 0 Å². The molecule has 2 aromatic carbocycles. The molecule has 0 unspecified atom stereocenters. The van der Waals surface area contributed by atoms with E-state index >= 15 is 0 Å². The van der Waals surface area contributed by atoms with Crippen LogP contribution < -0.4 is 14.2 Å². The average molecular weight is 394 g/mol. The summed E-state index contributed by atoms with van der Waals surface area (Å²) in [5.74, 6) is 3.35. The average Bonchev–Trinajstić information content (AvgIpc) is 3.43. The highest BCUT2D eigenvalue weighted by molar-refractivity contribution is 5.68. The number of nitrogens with zero attached hydrogens (tertiary/aromatic N) is 4. The van der Waals surface area contributed by atoms with E-state index in [4.69, 9.17) is 23.2 Å². The quantitative estimate of drug-likeness (QED) is 0.466. The van der Waals surface area contributed by atoms with Crippen LogP contribution in [0.25, 0.3) is 22.8 Å². The van der Waals surface area contributed by atoms with Gasteiger partial charge in [0.25, 0.3) is 0 Å². The van der Waals surface area contributed by atoms with Crippen molar-refractivity contribution in [2.24, 2.45) is 0 Å². The molecule has 4 rings (SSSR count). The molecule has 0 radical (unpaired) electrons. The lowest BCUT2D eigenvalue weighted by molar-refractivity contribution is 0.355. The van der Waals surface area contributed by atoms with Crippen molar-refractivity contribution >= 4 is 0 Å². The minimum absolute atomic E-state index is 0.211. The van der Waals surface area contributed by atoms with Crippen molar-refractivity contribution in [3.63, 3.8) is 0 Å². The summed E-state index contributed by atoms with van der Waals surface area (Å²) in [4.78, 5) is 4.41. The van der Waals surface area contributed by atoms with Crippen molar-refractivity contribution in [2.45, 2.75) is 6.42 Å². The van der Waals surface area contributed by atoms with Gasteiger partial charge in [-0.1, -0.05) is 11.2 Å². The number of hydrogen-bond acceptors (Lipinski definition) is 9. The number of para-hydroxylation sites is 1. The third-order valence-corrected chi connectivity index (χ3v) is 4.22. The highest BCUT2D eigenvalue weighted by atomic mass is 16.5. The van der Waals surface area contributed by atoms with E-state index in [0.29, 0.717) is 40.6 Å². The molecule has 0 amide bonds. The Bertz CT molecular complexity index is 1100. The van der Waals surface area contributed by atoms with E-state index < -0.39 is 0 Å². The molecule has 0 aliphatic rings. The van der Waals surface area contributed by atoms with E-state index in [2.05, 4.69) is 20.3 Å².